The molecule has 1 aliphatic heterocycles. The molecule has 0 saturated carbocycles. The van der Waals surface area contributed by atoms with E-state index in [2.05, 4.69) is 5.32 Å². The summed E-state index contributed by atoms with van der Waals surface area (Å²) in [5.41, 5.74) is 2.30. The standard InChI is InChI=1S/C24H26FN3O4/c1-15-7-8-17(13-19(15)25)14-26-22(29)18-9-11-27(12-10-18)23(30)16(2)28-20-5-3-4-6-21(20)32-24(28)31/h3-8,13,16,18H,9-12,14H2,1-2H3,(H,26,29). The minimum atomic E-state index is -0.701. The van der Waals surface area contributed by atoms with Crippen LogP contribution in [-0.2, 0) is 16.1 Å². The molecule has 0 spiro atoms. The van der Waals surface area contributed by atoms with E-state index in [9.17, 15) is 18.8 Å². The molecule has 2 amide bonds. The zero-order valence-electron chi connectivity index (χ0n) is 18.1. The van der Waals surface area contributed by atoms with Crippen molar-refractivity contribution in [2.24, 2.45) is 5.92 Å². The summed E-state index contributed by atoms with van der Waals surface area (Å²) in [6.45, 7) is 4.52. The van der Waals surface area contributed by atoms with Crippen LogP contribution in [0.15, 0.2) is 51.7 Å². The zero-order valence-corrected chi connectivity index (χ0v) is 18.1. The van der Waals surface area contributed by atoms with Crippen molar-refractivity contribution in [1.82, 2.24) is 14.8 Å². The second-order valence-electron chi connectivity index (χ2n) is 8.28. The van der Waals surface area contributed by atoms with E-state index >= 15 is 0 Å². The van der Waals surface area contributed by atoms with Crippen LogP contribution in [0, 0.1) is 18.7 Å². The molecular weight excluding hydrogens is 413 g/mol. The Morgan fingerprint density at radius 2 is 1.91 bits per heavy atom. The molecule has 1 saturated heterocycles. The lowest BCUT2D eigenvalue weighted by molar-refractivity contribution is -0.138. The number of rotatable bonds is 5. The van der Waals surface area contributed by atoms with Crippen molar-refractivity contribution in [3.05, 3.63) is 70.0 Å². The van der Waals surface area contributed by atoms with Gasteiger partial charge in [0, 0.05) is 25.6 Å². The Kier molecular flexibility index (Phi) is 6.12. The van der Waals surface area contributed by atoms with E-state index < -0.39 is 11.8 Å². The van der Waals surface area contributed by atoms with Gasteiger partial charge in [0.15, 0.2) is 5.58 Å². The molecule has 0 bridgehead atoms. The van der Waals surface area contributed by atoms with Gasteiger partial charge in [0.1, 0.15) is 11.9 Å². The molecule has 8 heteroatoms. The topological polar surface area (TPSA) is 84.5 Å². The molecule has 1 aromatic heterocycles. The highest BCUT2D eigenvalue weighted by atomic mass is 19.1. The first kappa shape index (κ1) is 21.8. The van der Waals surface area contributed by atoms with Gasteiger partial charge in [0.2, 0.25) is 11.8 Å². The maximum Gasteiger partial charge on any atom is 0.420 e. The molecule has 168 valence electrons. The fourth-order valence-corrected chi connectivity index (χ4v) is 4.17. The van der Waals surface area contributed by atoms with E-state index in [1.165, 1.54) is 10.6 Å². The monoisotopic (exact) mass is 439 g/mol. The number of halogens is 1. The first-order chi connectivity index (χ1) is 15.3. The van der Waals surface area contributed by atoms with E-state index in [0.29, 0.717) is 48.2 Å². The highest BCUT2D eigenvalue weighted by Gasteiger charge is 2.31. The van der Waals surface area contributed by atoms with Gasteiger partial charge in [0.25, 0.3) is 0 Å². The highest BCUT2D eigenvalue weighted by Crippen LogP contribution is 2.23. The molecule has 1 unspecified atom stereocenters. The van der Waals surface area contributed by atoms with Gasteiger partial charge in [-0.3, -0.25) is 14.2 Å². The van der Waals surface area contributed by atoms with Crippen molar-refractivity contribution in [3.63, 3.8) is 0 Å². The molecule has 1 atom stereocenters. The van der Waals surface area contributed by atoms with Crippen molar-refractivity contribution in [1.29, 1.82) is 0 Å². The van der Waals surface area contributed by atoms with E-state index in [-0.39, 0.29) is 30.1 Å². The Labute approximate surface area is 184 Å². The number of hydrogen-bond donors (Lipinski definition) is 1. The zero-order chi connectivity index (χ0) is 22.8. The Bertz CT molecular complexity index is 1210. The smallest absolute Gasteiger partial charge is 0.408 e. The van der Waals surface area contributed by atoms with Crippen molar-refractivity contribution in [3.8, 4) is 0 Å². The van der Waals surface area contributed by atoms with Gasteiger partial charge in [-0.25, -0.2) is 9.18 Å². The van der Waals surface area contributed by atoms with Crippen LogP contribution in [0.5, 0.6) is 0 Å². The largest absolute Gasteiger partial charge is 0.420 e. The molecule has 3 aromatic rings. The molecule has 2 heterocycles. The van der Waals surface area contributed by atoms with E-state index in [1.54, 1.807) is 55.1 Å². The van der Waals surface area contributed by atoms with Crippen LogP contribution in [0.3, 0.4) is 0 Å². The van der Waals surface area contributed by atoms with E-state index in [4.69, 9.17) is 4.42 Å². The average Bonchev–Trinajstić information content (AvgIpc) is 3.14. The predicted octanol–water partition coefficient (Wildman–Crippen LogP) is 3.16. The maximum atomic E-state index is 13.7. The van der Waals surface area contributed by atoms with Gasteiger partial charge in [-0.05, 0) is 56.0 Å². The lowest BCUT2D eigenvalue weighted by atomic mass is 9.95. The fourth-order valence-electron chi connectivity index (χ4n) is 4.17. The highest BCUT2D eigenvalue weighted by molar-refractivity contribution is 5.84. The summed E-state index contributed by atoms with van der Waals surface area (Å²) in [5, 5.41) is 2.87. The third-order valence-electron chi connectivity index (χ3n) is 6.14. The van der Waals surface area contributed by atoms with Gasteiger partial charge in [-0.15, -0.1) is 0 Å². The summed E-state index contributed by atoms with van der Waals surface area (Å²) in [7, 11) is 0. The number of aryl methyl sites for hydroxylation is 1. The summed E-state index contributed by atoms with van der Waals surface area (Å²) in [5.74, 6) is -1.32. The summed E-state index contributed by atoms with van der Waals surface area (Å²) in [4.78, 5) is 39.6. The SMILES string of the molecule is Cc1ccc(CNC(=O)C2CCN(C(=O)C(C)n3c(=O)oc4ccccc43)CC2)cc1F. The Hall–Kier alpha value is -3.42. The average molecular weight is 439 g/mol. The summed E-state index contributed by atoms with van der Waals surface area (Å²) >= 11 is 0. The number of oxazole rings is 1. The molecular formula is C24H26FN3O4. The minimum Gasteiger partial charge on any atom is -0.408 e. The number of benzene rings is 2. The van der Waals surface area contributed by atoms with Gasteiger partial charge in [-0.1, -0.05) is 24.3 Å². The number of aromatic nitrogens is 1. The molecule has 32 heavy (non-hydrogen) atoms. The molecule has 0 aliphatic carbocycles. The second-order valence-corrected chi connectivity index (χ2v) is 8.28. The number of fused-ring (bicyclic) bond motifs is 1. The van der Waals surface area contributed by atoms with Gasteiger partial charge in [0.05, 0.1) is 5.52 Å². The number of nitrogens with zero attached hydrogens (tertiary/aromatic N) is 2. The second kappa shape index (κ2) is 8.98. The molecule has 7 nitrogen and oxygen atoms in total. The predicted molar refractivity (Wildman–Crippen MR) is 117 cm³/mol. The van der Waals surface area contributed by atoms with Crippen LogP contribution >= 0.6 is 0 Å². The van der Waals surface area contributed by atoms with Crippen LogP contribution in [0.1, 0.15) is 36.9 Å². The van der Waals surface area contributed by atoms with E-state index in [0.717, 1.165) is 0 Å². The number of hydrogen-bond acceptors (Lipinski definition) is 4. The van der Waals surface area contributed by atoms with Crippen molar-refractivity contribution in [2.75, 3.05) is 13.1 Å². The van der Waals surface area contributed by atoms with Crippen molar-refractivity contribution >= 4 is 22.9 Å². The molecule has 0 radical (unpaired) electrons. The minimum absolute atomic E-state index is 0.0943. The number of nitrogens with one attached hydrogen (secondary N) is 1. The number of likely N-dealkylation sites (tertiary alicyclic amines) is 1. The molecule has 4 rings (SSSR count). The lowest BCUT2D eigenvalue weighted by Crippen LogP contribution is -2.45. The molecule has 2 aromatic carbocycles. The van der Waals surface area contributed by atoms with Crippen LogP contribution in [0.4, 0.5) is 4.39 Å². The van der Waals surface area contributed by atoms with Gasteiger partial charge < -0.3 is 14.6 Å². The van der Waals surface area contributed by atoms with Crippen LogP contribution in [0.25, 0.3) is 11.1 Å². The van der Waals surface area contributed by atoms with Crippen LogP contribution in [0.2, 0.25) is 0 Å². The Morgan fingerprint density at radius 1 is 1.19 bits per heavy atom. The number of para-hydroxylation sites is 2. The fraction of sp³-hybridized carbons (Fsp3) is 0.375. The van der Waals surface area contributed by atoms with Gasteiger partial charge >= 0.3 is 5.76 Å². The number of amides is 2. The first-order valence-electron chi connectivity index (χ1n) is 10.8. The van der Waals surface area contributed by atoms with E-state index in [1.807, 2.05) is 0 Å². The third kappa shape index (κ3) is 4.30. The normalized spacial score (nSPS) is 15.7. The Balaban J connectivity index is 1.34. The number of carbonyl (C=O) groups excluding carboxylic acids is 2. The molecule has 1 aliphatic rings. The Morgan fingerprint density at radius 3 is 2.62 bits per heavy atom. The van der Waals surface area contributed by atoms with Crippen molar-refractivity contribution in [2.45, 2.75) is 39.3 Å². The van der Waals surface area contributed by atoms with Crippen LogP contribution < -0.4 is 11.1 Å². The first-order valence-corrected chi connectivity index (χ1v) is 10.8. The molecule has 1 N–H and O–H groups in total. The van der Waals surface area contributed by atoms with Gasteiger partial charge in [-0.2, -0.15) is 0 Å². The third-order valence-corrected chi connectivity index (χ3v) is 6.14. The molecule has 1 fully saturated rings. The van der Waals surface area contributed by atoms with Crippen LogP contribution in [-0.4, -0.2) is 34.4 Å². The number of carbonyl (C=O) groups is 2. The quantitative estimate of drug-likeness (QED) is 0.662. The lowest BCUT2D eigenvalue weighted by Gasteiger charge is -2.33. The van der Waals surface area contributed by atoms with Crippen molar-refractivity contribution < 1.29 is 18.4 Å². The summed E-state index contributed by atoms with van der Waals surface area (Å²) < 4.78 is 20.3. The summed E-state index contributed by atoms with van der Waals surface area (Å²) in [6.07, 6.45) is 1.07. The maximum absolute atomic E-state index is 13.7. The summed E-state index contributed by atoms with van der Waals surface area (Å²) in [6, 6.07) is 11.2. The number of piperidine rings is 1.